The van der Waals surface area contributed by atoms with Crippen molar-refractivity contribution in [2.45, 2.75) is 23.9 Å². The second-order valence-corrected chi connectivity index (χ2v) is 8.17. The lowest BCUT2D eigenvalue weighted by Gasteiger charge is -2.12. The maximum atomic E-state index is 12.7. The van der Waals surface area contributed by atoms with Crippen LogP contribution in [0.3, 0.4) is 0 Å². The van der Waals surface area contributed by atoms with Crippen molar-refractivity contribution in [2.75, 3.05) is 25.3 Å². The highest BCUT2D eigenvalue weighted by atomic mass is 32.2. The average molecular weight is 438 g/mol. The molecule has 2 amide bonds. The number of fused-ring (bicyclic) bond motifs is 1. The van der Waals surface area contributed by atoms with Crippen molar-refractivity contribution in [3.63, 3.8) is 0 Å². The number of anilines is 1. The molecule has 4 rings (SSSR count). The first kappa shape index (κ1) is 21.0. The number of ether oxygens (including phenoxy) is 2. The van der Waals surface area contributed by atoms with Gasteiger partial charge in [0, 0.05) is 17.5 Å². The Balaban J connectivity index is 1.50. The van der Waals surface area contributed by atoms with Crippen LogP contribution in [0.1, 0.15) is 23.2 Å². The number of thioether (sulfide) groups is 1. The zero-order valence-corrected chi connectivity index (χ0v) is 18.1. The van der Waals surface area contributed by atoms with E-state index in [-0.39, 0.29) is 23.6 Å². The van der Waals surface area contributed by atoms with Crippen molar-refractivity contribution in [3.8, 4) is 11.5 Å². The second kappa shape index (κ2) is 9.26. The zero-order valence-electron chi connectivity index (χ0n) is 17.3. The average Bonchev–Trinajstić information content (AvgIpc) is 3.61. The Morgan fingerprint density at radius 2 is 1.90 bits per heavy atom. The van der Waals surface area contributed by atoms with E-state index in [0.717, 1.165) is 23.7 Å². The lowest BCUT2D eigenvalue weighted by atomic mass is 10.1. The summed E-state index contributed by atoms with van der Waals surface area (Å²) in [5, 5.41) is 7.29. The topological polar surface area (TPSA) is 89.5 Å². The summed E-state index contributed by atoms with van der Waals surface area (Å²) in [7, 11) is 3.10. The molecule has 160 valence electrons. The molecule has 8 heteroatoms. The van der Waals surface area contributed by atoms with Crippen LogP contribution in [0.5, 0.6) is 11.5 Å². The first-order valence-electron chi connectivity index (χ1n) is 9.92. The standard InChI is InChI=1S/C23H23N3O4S/c1-29-15-9-10-20(30-2)19(11-15)25-21(27)13-31-22-12-17(23(28)24-14-7-8-14)16-5-3-4-6-18(16)26-22/h3-6,9-12,14H,7-8,13H2,1-2H3,(H,24,28)(H,25,27). The van der Waals surface area contributed by atoms with Gasteiger partial charge in [-0.2, -0.15) is 0 Å². The Hall–Kier alpha value is -3.26. The second-order valence-electron chi connectivity index (χ2n) is 7.18. The summed E-state index contributed by atoms with van der Waals surface area (Å²) in [6, 6.07) is 14.7. The highest BCUT2D eigenvalue weighted by molar-refractivity contribution is 7.99. The van der Waals surface area contributed by atoms with E-state index in [1.165, 1.54) is 11.8 Å². The lowest BCUT2D eigenvalue weighted by molar-refractivity contribution is -0.113. The van der Waals surface area contributed by atoms with Crippen molar-refractivity contribution >= 4 is 40.2 Å². The maximum absolute atomic E-state index is 12.7. The highest BCUT2D eigenvalue weighted by Gasteiger charge is 2.25. The fraction of sp³-hybridized carbons (Fsp3) is 0.261. The number of benzene rings is 2. The number of aromatic nitrogens is 1. The third-order valence-electron chi connectivity index (χ3n) is 4.88. The fourth-order valence-corrected chi connectivity index (χ4v) is 3.86. The summed E-state index contributed by atoms with van der Waals surface area (Å²) >= 11 is 1.28. The molecule has 1 aliphatic carbocycles. The molecule has 0 spiro atoms. The largest absolute Gasteiger partial charge is 0.497 e. The summed E-state index contributed by atoms with van der Waals surface area (Å²) in [5.41, 5.74) is 1.83. The number of rotatable bonds is 8. The lowest BCUT2D eigenvalue weighted by Crippen LogP contribution is -2.25. The van der Waals surface area contributed by atoms with Crippen molar-refractivity contribution in [1.29, 1.82) is 0 Å². The molecule has 0 bridgehead atoms. The number of nitrogens with zero attached hydrogens (tertiary/aromatic N) is 1. The minimum Gasteiger partial charge on any atom is -0.497 e. The maximum Gasteiger partial charge on any atom is 0.252 e. The Morgan fingerprint density at radius 3 is 2.65 bits per heavy atom. The number of para-hydroxylation sites is 1. The monoisotopic (exact) mass is 437 g/mol. The third-order valence-corrected chi connectivity index (χ3v) is 5.79. The molecule has 1 aromatic heterocycles. The summed E-state index contributed by atoms with van der Waals surface area (Å²) in [5.74, 6) is 0.979. The third kappa shape index (κ3) is 5.08. The van der Waals surface area contributed by atoms with Crippen molar-refractivity contribution in [2.24, 2.45) is 0 Å². The summed E-state index contributed by atoms with van der Waals surface area (Å²) < 4.78 is 10.5. The van der Waals surface area contributed by atoms with Crippen molar-refractivity contribution in [3.05, 3.63) is 54.1 Å². The molecule has 1 saturated carbocycles. The molecule has 0 unspecified atom stereocenters. The Morgan fingerprint density at radius 1 is 1.10 bits per heavy atom. The zero-order chi connectivity index (χ0) is 21.8. The van der Waals surface area contributed by atoms with Gasteiger partial charge < -0.3 is 20.1 Å². The number of methoxy groups -OCH3 is 2. The SMILES string of the molecule is COc1ccc(OC)c(NC(=O)CSc2cc(C(=O)NC3CC3)c3ccccc3n2)c1. The van der Waals surface area contributed by atoms with Gasteiger partial charge in [0.25, 0.3) is 5.91 Å². The van der Waals surface area contributed by atoms with Gasteiger partial charge >= 0.3 is 0 Å². The minimum absolute atomic E-state index is 0.103. The van der Waals surface area contributed by atoms with E-state index in [2.05, 4.69) is 15.6 Å². The predicted octanol–water partition coefficient (Wildman–Crippen LogP) is 3.88. The molecule has 31 heavy (non-hydrogen) atoms. The quantitative estimate of drug-likeness (QED) is 0.520. The fourth-order valence-electron chi connectivity index (χ4n) is 3.14. The molecular formula is C23H23N3O4S. The van der Waals surface area contributed by atoms with Crippen LogP contribution < -0.4 is 20.1 Å². The van der Waals surface area contributed by atoms with E-state index in [1.807, 2.05) is 24.3 Å². The molecule has 0 radical (unpaired) electrons. The van der Waals surface area contributed by atoms with Gasteiger partial charge in [0.1, 0.15) is 11.5 Å². The van der Waals surface area contributed by atoms with Crippen LogP contribution in [0.15, 0.2) is 53.6 Å². The number of hydrogen-bond acceptors (Lipinski definition) is 6. The van der Waals surface area contributed by atoms with Crippen molar-refractivity contribution in [1.82, 2.24) is 10.3 Å². The van der Waals surface area contributed by atoms with Crippen LogP contribution >= 0.6 is 11.8 Å². The normalized spacial score (nSPS) is 13.0. The number of amides is 2. The smallest absolute Gasteiger partial charge is 0.252 e. The number of pyridine rings is 1. The number of carbonyl (C=O) groups is 2. The molecule has 2 aromatic carbocycles. The molecule has 3 aromatic rings. The van der Waals surface area contributed by atoms with Crippen LogP contribution in [-0.2, 0) is 4.79 Å². The van der Waals surface area contributed by atoms with Crippen LogP contribution in [0, 0.1) is 0 Å². The van der Waals surface area contributed by atoms with E-state index in [1.54, 1.807) is 38.5 Å². The van der Waals surface area contributed by atoms with Gasteiger partial charge in [-0.25, -0.2) is 4.98 Å². The molecule has 2 N–H and O–H groups in total. The van der Waals surface area contributed by atoms with Gasteiger partial charge in [0.15, 0.2) is 0 Å². The molecule has 1 aliphatic rings. The minimum atomic E-state index is -0.213. The Kier molecular flexibility index (Phi) is 6.27. The Labute approximate surface area is 184 Å². The number of carbonyl (C=O) groups excluding carboxylic acids is 2. The molecule has 0 atom stereocenters. The van der Waals surface area contributed by atoms with Gasteiger partial charge in [-0.15, -0.1) is 0 Å². The van der Waals surface area contributed by atoms with E-state index in [9.17, 15) is 9.59 Å². The molecule has 0 saturated heterocycles. The van der Waals surface area contributed by atoms with Gasteiger partial charge in [0.05, 0.1) is 41.8 Å². The summed E-state index contributed by atoms with van der Waals surface area (Å²) in [6.45, 7) is 0. The molecule has 0 aliphatic heterocycles. The molecular weight excluding hydrogens is 414 g/mol. The highest BCUT2D eigenvalue weighted by Crippen LogP contribution is 2.30. The van der Waals surface area contributed by atoms with Gasteiger partial charge in [-0.1, -0.05) is 30.0 Å². The summed E-state index contributed by atoms with van der Waals surface area (Å²) in [4.78, 5) is 29.9. The van der Waals surface area contributed by atoms with Crippen LogP contribution in [0.25, 0.3) is 10.9 Å². The Bertz CT molecular complexity index is 1130. The van der Waals surface area contributed by atoms with Crippen molar-refractivity contribution < 1.29 is 19.1 Å². The molecule has 1 heterocycles. The van der Waals surface area contributed by atoms with E-state index < -0.39 is 0 Å². The van der Waals surface area contributed by atoms with Crippen LogP contribution in [0.2, 0.25) is 0 Å². The van der Waals surface area contributed by atoms with Crippen LogP contribution in [0.4, 0.5) is 5.69 Å². The predicted molar refractivity (Wildman–Crippen MR) is 121 cm³/mol. The molecule has 1 fully saturated rings. The van der Waals surface area contributed by atoms with Gasteiger partial charge in [-0.3, -0.25) is 9.59 Å². The molecule has 7 nitrogen and oxygen atoms in total. The van der Waals surface area contributed by atoms with E-state index >= 15 is 0 Å². The first-order chi connectivity index (χ1) is 15.1. The van der Waals surface area contributed by atoms with E-state index in [0.29, 0.717) is 27.8 Å². The first-order valence-corrected chi connectivity index (χ1v) is 10.9. The summed E-state index contributed by atoms with van der Waals surface area (Å²) in [6.07, 6.45) is 2.04. The number of nitrogens with one attached hydrogen (secondary N) is 2. The van der Waals surface area contributed by atoms with Gasteiger partial charge in [-0.05, 0) is 37.1 Å². The van der Waals surface area contributed by atoms with E-state index in [4.69, 9.17) is 9.47 Å². The van der Waals surface area contributed by atoms with Gasteiger partial charge in [0.2, 0.25) is 5.91 Å². The van der Waals surface area contributed by atoms with Crippen LogP contribution in [-0.4, -0.2) is 42.8 Å². The number of hydrogen-bond donors (Lipinski definition) is 2.